The van der Waals surface area contributed by atoms with E-state index in [1.54, 1.807) is 22.8 Å². The number of hydrogen-bond donors (Lipinski definition) is 1. The van der Waals surface area contributed by atoms with E-state index in [1.807, 2.05) is 66.4 Å². The number of fused-ring (bicyclic) bond motifs is 1. The lowest BCUT2D eigenvalue weighted by molar-refractivity contribution is 0.179. The molecule has 0 aliphatic heterocycles. The number of nitrogens with zero attached hydrogens (tertiary/aromatic N) is 3. The first-order chi connectivity index (χ1) is 18.4. The molecule has 2 amide bonds. The Bertz CT molecular complexity index is 1460. The molecule has 1 atom stereocenters. The van der Waals surface area contributed by atoms with Gasteiger partial charge in [-0.1, -0.05) is 78.8 Å². The molecule has 198 valence electrons. The molecule has 0 fully saturated rings. The second-order valence-electron chi connectivity index (χ2n) is 9.22. The summed E-state index contributed by atoms with van der Waals surface area (Å²) in [5.41, 5.74) is 1.73. The Morgan fingerprint density at radius 3 is 2.50 bits per heavy atom. The van der Waals surface area contributed by atoms with E-state index in [4.69, 9.17) is 16.6 Å². The van der Waals surface area contributed by atoms with Crippen LogP contribution in [0.2, 0.25) is 5.02 Å². The SMILES string of the molecule is CCCCCCN(C(=O)Nc1ccc(Br)cc1)C(CC)c1nc2ccccc2c(=O)n1-c1cccc(Cl)c1. The molecule has 1 unspecified atom stereocenters. The normalized spacial score (nSPS) is 11.9. The number of anilines is 1. The fraction of sp³-hybridized carbons (Fsp3) is 0.300. The van der Waals surface area contributed by atoms with Crippen molar-refractivity contribution in [3.63, 3.8) is 0 Å². The third kappa shape index (κ3) is 6.45. The average Bonchev–Trinajstić information content (AvgIpc) is 2.91. The van der Waals surface area contributed by atoms with Gasteiger partial charge in [-0.05, 0) is 67.4 Å². The highest BCUT2D eigenvalue weighted by molar-refractivity contribution is 9.10. The van der Waals surface area contributed by atoms with Crippen LogP contribution < -0.4 is 10.9 Å². The van der Waals surface area contributed by atoms with Crippen molar-refractivity contribution in [1.82, 2.24) is 14.5 Å². The Balaban J connectivity index is 1.83. The largest absolute Gasteiger partial charge is 0.322 e. The molecule has 3 aromatic carbocycles. The number of para-hydroxylation sites is 1. The molecule has 1 heterocycles. The van der Waals surface area contributed by atoms with E-state index in [9.17, 15) is 9.59 Å². The molecule has 0 aliphatic carbocycles. The summed E-state index contributed by atoms with van der Waals surface area (Å²) in [6, 6.07) is 21.3. The molecule has 0 aliphatic rings. The minimum absolute atomic E-state index is 0.189. The van der Waals surface area contributed by atoms with E-state index in [-0.39, 0.29) is 11.6 Å². The van der Waals surface area contributed by atoms with Gasteiger partial charge in [-0.3, -0.25) is 9.36 Å². The van der Waals surface area contributed by atoms with E-state index in [2.05, 4.69) is 28.2 Å². The molecule has 0 spiro atoms. The molecule has 38 heavy (non-hydrogen) atoms. The molecular weight excluding hydrogens is 564 g/mol. The Morgan fingerprint density at radius 1 is 1.03 bits per heavy atom. The number of amides is 2. The first-order valence-corrected chi connectivity index (χ1v) is 14.2. The molecule has 8 heteroatoms. The molecule has 4 aromatic rings. The molecule has 1 N–H and O–H groups in total. The Morgan fingerprint density at radius 2 is 1.79 bits per heavy atom. The number of nitrogens with one attached hydrogen (secondary N) is 1. The van der Waals surface area contributed by atoms with Crippen LogP contribution in [0, 0.1) is 0 Å². The Kier molecular flexibility index (Phi) is 9.58. The van der Waals surface area contributed by atoms with Crippen LogP contribution in [-0.4, -0.2) is 27.0 Å². The third-order valence-corrected chi connectivity index (χ3v) is 7.30. The van der Waals surface area contributed by atoms with E-state index in [0.717, 1.165) is 30.2 Å². The smallest absolute Gasteiger partial charge is 0.314 e. The monoisotopic (exact) mass is 594 g/mol. The molecule has 6 nitrogen and oxygen atoms in total. The van der Waals surface area contributed by atoms with Gasteiger partial charge in [0.2, 0.25) is 0 Å². The predicted molar refractivity (Wildman–Crippen MR) is 159 cm³/mol. The number of urea groups is 1. The summed E-state index contributed by atoms with van der Waals surface area (Å²) in [6.07, 6.45) is 4.64. The number of aromatic nitrogens is 2. The Hall–Kier alpha value is -3.16. The van der Waals surface area contributed by atoms with Gasteiger partial charge in [0.15, 0.2) is 0 Å². The van der Waals surface area contributed by atoms with Gasteiger partial charge in [-0.2, -0.15) is 0 Å². The molecule has 1 aromatic heterocycles. The molecule has 0 bridgehead atoms. The van der Waals surface area contributed by atoms with Crippen LogP contribution in [0.4, 0.5) is 10.5 Å². The van der Waals surface area contributed by atoms with E-state index in [1.165, 1.54) is 0 Å². The second-order valence-corrected chi connectivity index (χ2v) is 10.6. The highest BCUT2D eigenvalue weighted by atomic mass is 79.9. The van der Waals surface area contributed by atoms with Gasteiger partial charge in [0.1, 0.15) is 5.82 Å². The van der Waals surface area contributed by atoms with Crippen molar-refractivity contribution >= 4 is 50.2 Å². The van der Waals surface area contributed by atoms with Crippen LogP contribution >= 0.6 is 27.5 Å². The van der Waals surface area contributed by atoms with Crippen LogP contribution in [0.5, 0.6) is 0 Å². The lowest BCUT2D eigenvalue weighted by Gasteiger charge is -2.32. The summed E-state index contributed by atoms with van der Waals surface area (Å²) in [5, 5.41) is 4.08. The van der Waals surface area contributed by atoms with Crippen LogP contribution in [-0.2, 0) is 0 Å². The molecule has 0 radical (unpaired) electrons. The van der Waals surface area contributed by atoms with Gasteiger partial charge in [0, 0.05) is 21.7 Å². The van der Waals surface area contributed by atoms with Crippen molar-refractivity contribution in [2.24, 2.45) is 0 Å². The summed E-state index contributed by atoms with van der Waals surface area (Å²) in [7, 11) is 0. The standard InChI is InChI=1S/C30H32BrClN4O2/c1-3-5-6-9-19-35(30(38)33-23-17-15-21(31)16-18-23)27(4-2)28-34-26-14-8-7-13-25(26)29(37)36(28)24-12-10-11-22(32)20-24/h7-8,10-18,20,27H,3-6,9,19H2,1-2H3,(H,33,38). The zero-order valence-corrected chi connectivity index (χ0v) is 24.0. The molecule has 0 saturated carbocycles. The number of halogens is 2. The van der Waals surface area contributed by atoms with Gasteiger partial charge >= 0.3 is 6.03 Å². The number of carbonyl (C=O) groups is 1. The predicted octanol–water partition coefficient (Wildman–Crippen LogP) is 8.37. The third-order valence-electron chi connectivity index (χ3n) is 6.54. The Labute approximate surface area is 236 Å². The lowest BCUT2D eigenvalue weighted by Crippen LogP contribution is -2.41. The fourth-order valence-corrected chi connectivity index (χ4v) is 5.07. The summed E-state index contributed by atoms with van der Waals surface area (Å²) < 4.78 is 2.54. The van der Waals surface area contributed by atoms with Gasteiger partial charge in [-0.15, -0.1) is 0 Å². The average molecular weight is 596 g/mol. The number of hydrogen-bond acceptors (Lipinski definition) is 3. The van der Waals surface area contributed by atoms with Gasteiger partial charge < -0.3 is 10.2 Å². The summed E-state index contributed by atoms with van der Waals surface area (Å²) in [4.78, 5) is 34.4. The van der Waals surface area contributed by atoms with E-state index in [0.29, 0.717) is 46.1 Å². The van der Waals surface area contributed by atoms with Gasteiger partial charge in [0.25, 0.3) is 5.56 Å². The fourth-order valence-electron chi connectivity index (χ4n) is 4.62. The van der Waals surface area contributed by atoms with Gasteiger partial charge in [0.05, 0.1) is 22.6 Å². The summed E-state index contributed by atoms with van der Waals surface area (Å²) in [6.45, 7) is 4.72. The number of carbonyl (C=O) groups excluding carboxylic acids is 1. The molecule has 4 rings (SSSR count). The highest BCUT2D eigenvalue weighted by Crippen LogP contribution is 2.28. The van der Waals surface area contributed by atoms with Crippen LogP contribution in [0.15, 0.2) is 82.1 Å². The molecular formula is C30H32BrClN4O2. The van der Waals surface area contributed by atoms with Crippen molar-refractivity contribution in [3.8, 4) is 5.69 Å². The maximum absolute atomic E-state index is 13.9. The summed E-state index contributed by atoms with van der Waals surface area (Å²) >= 11 is 9.77. The minimum Gasteiger partial charge on any atom is -0.314 e. The number of unbranched alkanes of at least 4 members (excludes halogenated alkanes) is 3. The highest BCUT2D eigenvalue weighted by Gasteiger charge is 2.29. The van der Waals surface area contributed by atoms with Crippen LogP contribution in [0.3, 0.4) is 0 Å². The topological polar surface area (TPSA) is 67.2 Å². The van der Waals surface area contributed by atoms with Crippen molar-refractivity contribution in [1.29, 1.82) is 0 Å². The van der Waals surface area contributed by atoms with Crippen molar-refractivity contribution in [3.05, 3.63) is 98.5 Å². The van der Waals surface area contributed by atoms with Crippen molar-refractivity contribution in [2.75, 3.05) is 11.9 Å². The lowest BCUT2D eigenvalue weighted by atomic mass is 10.1. The molecule has 0 saturated heterocycles. The van der Waals surface area contributed by atoms with Crippen molar-refractivity contribution < 1.29 is 4.79 Å². The van der Waals surface area contributed by atoms with Gasteiger partial charge in [-0.25, -0.2) is 9.78 Å². The second kappa shape index (κ2) is 13.1. The number of benzene rings is 3. The van der Waals surface area contributed by atoms with Crippen LogP contribution in [0.1, 0.15) is 57.8 Å². The van der Waals surface area contributed by atoms with E-state index < -0.39 is 6.04 Å². The first-order valence-electron chi connectivity index (χ1n) is 13.0. The van der Waals surface area contributed by atoms with Crippen LogP contribution in [0.25, 0.3) is 16.6 Å². The zero-order valence-electron chi connectivity index (χ0n) is 21.7. The number of rotatable bonds is 10. The minimum atomic E-state index is -0.441. The van der Waals surface area contributed by atoms with E-state index >= 15 is 0 Å². The zero-order chi connectivity index (χ0) is 27.1. The summed E-state index contributed by atoms with van der Waals surface area (Å²) in [5.74, 6) is 0.514. The first kappa shape index (κ1) is 27.9. The quantitative estimate of drug-likeness (QED) is 0.187. The maximum atomic E-state index is 13.9. The maximum Gasteiger partial charge on any atom is 0.322 e. The van der Waals surface area contributed by atoms with Crippen molar-refractivity contribution in [2.45, 2.75) is 52.0 Å².